The summed E-state index contributed by atoms with van der Waals surface area (Å²) in [6.07, 6.45) is 5.22. The molecule has 4 atom stereocenters. The molecular formula is C17H27N5O4. The van der Waals surface area contributed by atoms with Gasteiger partial charge in [-0.1, -0.05) is 20.3 Å². The highest BCUT2D eigenvalue weighted by Gasteiger charge is 2.38. The minimum Gasteiger partial charge on any atom is -0.480 e. The van der Waals surface area contributed by atoms with E-state index in [1.165, 1.54) is 11.2 Å². The third-order valence-electron chi connectivity index (χ3n) is 4.93. The number of likely N-dealkylation sites (tertiary alicyclic amines) is 1. The van der Waals surface area contributed by atoms with Gasteiger partial charge in [0.1, 0.15) is 12.1 Å². The summed E-state index contributed by atoms with van der Waals surface area (Å²) in [7, 11) is 0. The molecule has 0 radical (unpaired) electrons. The van der Waals surface area contributed by atoms with Gasteiger partial charge in [-0.05, 0) is 18.8 Å². The topological polar surface area (TPSA) is 141 Å². The molecule has 1 aromatic rings. The van der Waals surface area contributed by atoms with Crippen LogP contribution in [0.2, 0.25) is 0 Å². The molecular weight excluding hydrogens is 338 g/mol. The highest BCUT2D eigenvalue weighted by molar-refractivity contribution is 5.92. The SMILES string of the molecule is CC[C@@H](C)[C@H](NC(=O)[C@@H]1CCCN1C(=O)[C@@H](N)Cc1cnc[nH]1)C(=O)O. The van der Waals surface area contributed by atoms with Crippen LogP contribution in [0.1, 0.15) is 38.8 Å². The van der Waals surface area contributed by atoms with Crippen LogP contribution < -0.4 is 11.1 Å². The molecule has 9 heteroatoms. The molecule has 26 heavy (non-hydrogen) atoms. The number of carbonyl (C=O) groups excluding carboxylic acids is 2. The van der Waals surface area contributed by atoms with E-state index in [1.54, 1.807) is 13.1 Å². The van der Waals surface area contributed by atoms with Crippen molar-refractivity contribution >= 4 is 17.8 Å². The summed E-state index contributed by atoms with van der Waals surface area (Å²) in [5, 5.41) is 11.9. The first-order valence-corrected chi connectivity index (χ1v) is 8.91. The van der Waals surface area contributed by atoms with Crippen molar-refractivity contribution in [3.8, 4) is 0 Å². The Morgan fingerprint density at radius 2 is 2.23 bits per heavy atom. The number of nitrogens with two attached hydrogens (primary N) is 1. The third kappa shape index (κ3) is 4.60. The molecule has 0 aromatic carbocycles. The Morgan fingerprint density at radius 3 is 2.81 bits per heavy atom. The number of hydrogen-bond acceptors (Lipinski definition) is 5. The fraction of sp³-hybridized carbons (Fsp3) is 0.647. The van der Waals surface area contributed by atoms with Gasteiger partial charge in [0.25, 0.3) is 0 Å². The second-order valence-corrected chi connectivity index (χ2v) is 6.79. The first-order valence-electron chi connectivity index (χ1n) is 8.91. The van der Waals surface area contributed by atoms with Crippen molar-refractivity contribution in [1.82, 2.24) is 20.2 Å². The molecule has 0 bridgehead atoms. The maximum atomic E-state index is 12.7. The Kier molecular flexibility index (Phi) is 6.73. The number of aromatic amines is 1. The zero-order chi connectivity index (χ0) is 19.3. The average molecular weight is 365 g/mol. The molecule has 5 N–H and O–H groups in total. The van der Waals surface area contributed by atoms with E-state index in [0.717, 1.165) is 5.69 Å². The molecule has 9 nitrogen and oxygen atoms in total. The summed E-state index contributed by atoms with van der Waals surface area (Å²) in [6.45, 7) is 4.08. The van der Waals surface area contributed by atoms with E-state index in [1.807, 2.05) is 6.92 Å². The van der Waals surface area contributed by atoms with E-state index in [2.05, 4.69) is 15.3 Å². The van der Waals surface area contributed by atoms with Crippen LogP contribution in [0.25, 0.3) is 0 Å². The number of hydrogen-bond donors (Lipinski definition) is 4. The fourth-order valence-corrected chi connectivity index (χ4v) is 3.17. The minimum absolute atomic E-state index is 0.204. The van der Waals surface area contributed by atoms with Gasteiger partial charge in [-0.15, -0.1) is 0 Å². The van der Waals surface area contributed by atoms with E-state index in [-0.39, 0.29) is 11.8 Å². The lowest BCUT2D eigenvalue weighted by Gasteiger charge is -2.28. The average Bonchev–Trinajstić information content (AvgIpc) is 3.29. The van der Waals surface area contributed by atoms with E-state index in [9.17, 15) is 19.5 Å². The summed E-state index contributed by atoms with van der Waals surface area (Å²) < 4.78 is 0. The van der Waals surface area contributed by atoms with Gasteiger partial charge in [0.15, 0.2) is 0 Å². The van der Waals surface area contributed by atoms with Crippen molar-refractivity contribution in [1.29, 1.82) is 0 Å². The van der Waals surface area contributed by atoms with Crippen LogP contribution in [0.4, 0.5) is 0 Å². The van der Waals surface area contributed by atoms with E-state index >= 15 is 0 Å². The largest absolute Gasteiger partial charge is 0.480 e. The normalized spacial score (nSPS) is 20.4. The Bertz CT molecular complexity index is 633. The zero-order valence-corrected chi connectivity index (χ0v) is 15.1. The maximum Gasteiger partial charge on any atom is 0.326 e. The number of nitrogens with one attached hydrogen (secondary N) is 2. The molecule has 2 amide bonds. The third-order valence-corrected chi connectivity index (χ3v) is 4.93. The second-order valence-electron chi connectivity index (χ2n) is 6.79. The van der Waals surface area contributed by atoms with Crippen molar-refractivity contribution in [3.05, 3.63) is 18.2 Å². The van der Waals surface area contributed by atoms with Crippen molar-refractivity contribution in [2.75, 3.05) is 6.54 Å². The van der Waals surface area contributed by atoms with Crippen LogP contribution >= 0.6 is 0 Å². The van der Waals surface area contributed by atoms with Gasteiger partial charge in [-0.25, -0.2) is 9.78 Å². The number of amides is 2. The summed E-state index contributed by atoms with van der Waals surface area (Å²) in [6, 6.07) is -2.43. The lowest BCUT2D eigenvalue weighted by atomic mass is 9.98. The first-order chi connectivity index (χ1) is 12.3. The van der Waals surface area contributed by atoms with Gasteiger partial charge in [0.05, 0.1) is 12.4 Å². The molecule has 0 unspecified atom stereocenters. The fourth-order valence-electron chi connectivity index (χ4n) is 3.17. The highest BCUT2D eigenvalue weighted by atomic mass is 16.4. The molecule has 0 aliphatic carbocycles. The summed E-state index contributed by atoms with van der Waals surface area (Å²) in [4.78, 5) is 45.0. The molecule has 144 valence electrons. The molecule has 1 saturated heterocycles. The molecule has 2 heterocycles. The second kappa shape index (κ2) is 8.79. The minimum atomic E-state index is -1.07. The van der Waals surface area contributed by atoms with Gasteiger partial charge in [-0.2, -0.15) is 0 Å². The number of carbonyl (C=O) groups is 3. The standard InChI is InChI=1S/C17H27N5O4/c1-3-10(2)14(17(25)26)21-15(23)13-5-4-6-22(13)16(24)12(18)7-11-8-19-9-20-11/h8-10,12-14H,3-7,18H2,1-2H3,(H,19,20)(H,21,23)(H,25,26)/t10-,12+,13+,14+/m1/s1. The molecule has 1 fully saturated rings. The first kappa shape index (κ1) is 19.9. The Morgan fingerprint density at radius 1 is 1.50 bits per heavy atom. The number of aliphatic carboxylic acids is 1. The number of H-pyrrole nitrogens is 1. The molecule has 1 aliphatic heterocycles. The lowest BCUT2D eigenvalue weighted by Crippen LogP contribution is -2.55. The number of imidazole rings is 1. The molecule has 1 aliphatic rings. The predicted octanol–water partition coefficient (Wildman–Crippen LogP) is -0.114. The van der Waals surface area contributed by atoms with Gasteiger partial charge in [0, 0.05) is 24.9 Å². The molecule has 0 saturated carbocycles. The van der Waals surface area contributed by atoms with Crippen LogP contribution in [0.3, 0.4) is 0 Å². The molecule has 1 aromatic heterocycles. The number of rotatable bonds is 8. The van der Waals surface area contributed by atoms with Gasteiger partial charge in [-0.3, -0.25) is 9.59 Å². The van der Waals surface area contributed by atoms with Crippen molar-refractivity contribution in [2.24, 2.45) is 11.7 Å². The van der Waals surface area contributed by atoms with Gasteiger partial charge >= 0.3 is 5.97 Å². The van der Waals surface area contributed by atoms with E-state index in [0.29, 0.717) is 32.2 Å². The Hall–Kier alpha value is -2.42. The Balaban J connectivity index is 2.02. The number of aromatic nitrogens is 2. The van der Waals surface area contributed by atoms with Crippen LogP contribution in [0, 0.1) is 5.92 Å². The lowest BCUT2D eigenvalue weighted by molar-refractivity contribution is -0.145. The molecule has 2 rings (SSSR count). The van der Waals surface area contributed by atoms with Crippen molar-refractivity contribution in [2.45, 2.75) is 57.7 Å². The quantitative estimate of drug-likeness (QED) is 0.506. The van der Waals surface area contributed by atoms with Crippen molar-refractivity contribution < 1.29 is 19.5 Å². The van der Waals surface area contributed by atoms with Crippen molar-refractivity contribution in [3.63, 3.8) is 0 Å². The maximum absolute atomic E-state index is 12.7. The monoisotopic (exact) mass is 365 g/mol. The highest BCUT2D eigenvalue weighted by Crippen LogP contribution is 2.20. The number of nitrogens with zero attached hydrogens (tertiary/aromatic N) is 2. The van der Waals surface area contributed by atoms with Crippen LogP contribution in [0.15, 0.2) is 12.5 Å². The predicted molar refractivity (Wildman–Crippen MR) is 94.0 cm³/mol. The number of carboxylic acid groups (broad SMARTS) is 1. The number of carboxylic acids is 1. The van der Waals surface area contributed by atoms with E-state index < -0.39 is 30.0 Å². The van der Waals surface area contributed by atoms with Crippen LogP contribution in [-0.4, -0.2) is 62.4 Å². The summed E-state index contributed by atoms with van der Waals surface area (Å²) >= 11 is 0. The Labute approximate surface area is 152 Å². The molecule has 0 spiro atoms. The van der Waals surface area contributed by atoms with Gasteiger partial charge < -0.3 is 26.0 Å². The van der Waals surface area contributed by atoms with Crippen LogP contribution in [0.5, 0.6) is 0 Å². The summed E-state index contributed by atoms with van der Waals surface area (Å²) in [5.41, 5.74) is 6.75. The zero-order valence-electron chi connectivity index (χ0n) is 15.1. The van der Waals surface area contributed by atoms with Gasteiger partial charge in [0.2, 0.25) is 11.8 Å². The smallest absolute Gasteiger partial charge is 0.326 e. The van der Waals surface area contributed by atoms with E-state index in [4.69, 9.17) is 5.73 Å². The van der Waals surface area contributed by atoms with Crippen LogP contribution in [-0.2, 0) is 20.8 Å². The summed E-state index contributed by atoms with van der Waals surface area (Å²) in [5.74, 6) is -2.02.